The number of methoxy groups -OCH3 is 1. The van der Waals surface area contributed by atoms with Crippen molar-refractivity contribution >= 4 is 17.5 Å². The van der Waals surface area contributed by atoms with Crippen LogP contribution in [0.25, 0.3) is 0 Å². The van der Waals surface area contributed by atoms with Crippen LogP contribution < -0.4 is 9.64 Å². The maximum absolute atomic E-state index is 12.9. The van der Waals surface area contributed by atoms with Crippen LogP contribution in [0.5, 0.6) is 5.75 Å². The van der Waals surface area contributed by atoms with Gasteiger partial charge in [0.15, 0.2) is 5.79 Å². The SMILES string of the molecule is COc1ccc(N2C(=O)C[C@@H](N3CCC4(CC3)OCCO4)C2=O)cc1. The highest BCUT2D eigenvalue weighted by Crippen LogP contribution is 2.34. The fourth-order valence-corrected chi connectivity index (χ4v) is 3.87. The van der Waals surface area contributed by atoms with Gasteiger partial charge in [-0.2, -0.15) is 0 Å². The lowest BCUT2D eigenvalue weighted by molar-refractivity contribution is -0.188. The summed E-state index contributed by atoms with van der Waals surface area (Å²) in [5, 5.41) is 0. The molecule has 0 radical (unpaired) electrons. The molecule has 7 nitrogen and oxygen atoms in total. The Bertz CT molecular complexity index is 659. The van der Waals surface area contributed by atoms with E-state index in [9.17, 15) is 9.59 Å². The summed E-state index contributed by atoms with van der Waals surface area (Å²) in [5.41, 5.74) is 0.592. The van der Waals surface area contributed by atoms with Gasteiger partial charge in [-0.05, 0) is 24.3 Å². The third-order valence-electron chi connectivity index (χ3n) is 5.27. The molecule has 3 aliphatic rings. The summed E-state index contributed by atoms with van der Waals surface area (Å²) in [7, 11) is 1.58. The van der Waals surface area contributed by atoms with E-state index in [1.165, 1.54) is 4.90 Å². The van der Waals surface area contributed by atoms with Crippen molar-refractivity contribution in [2.45, 2.75) is 31.1 Å². The topological polar surface area (TPSA) is 68.3 Å². The predicted molar refractivity (Wildman–Crippen MR) is 89.3 cm³/mol. The van der Waals surface area contributed by atoms with Crippen LogP contribution in [0, 0.1) is 0 Å². The molecule has 1 atom stereocenters. The molecular formula is C18H22N2O5. The molecule has 0 unspecified atom stereocenters. The molecule has 134 valence electrons. The molecular weight excluding hydrogens is 324 g/mol. The number of carbonyl (C=O) groups excluding carboxylic acids is 2. The van der Waals surface area contributed by atoms with Gasteiger partial charge in [0.1, 0.15) is 5.75 Å². The van der Waals surface area contributed by atoms with Gasteiger partial charge in [-0.15, -0.1) is 0 Å². The Morgan fingerprint density at radius 3 is 2.32 bits per heavy atom. The normalized spacial score (nSPS) is 26.6. The van der Waals surface area contributed by atoms with Crippen molar-refractivity contribution in [3.05, 3.63) is 24.3 Å². The van der Waals surface area contributed by atoms with Crippen LogP contribution in [0.4, 0.5) is 5.69 Å². The Morgan fingerprint density at radius 2 is 1.72 bits per heavy atom. The van der Waals surface area contributed by atoms with Crippen molar-refractivity contribution in [1.29, 1.82) is 0 Å². The Kier molecular flexibility index (Phi) is 4.23. The summed E-state index contributed by atoms with van der Waals surface area (Å²) < 4.78 is 16.6. The first-order valence-electron chi connectivity index (χ1n) is 8.65. The minimum Gasteiger partial charge on any atom is -0.497 e. The molecule has 25 heavy (non-hydrogen) atoms. The third-order valence-corrected chi connectivity index (χ3v) is 5.27. The van der Waals surface area contributed by atoms with Crippen molar-refractivity contribution in [2.75, 3.05) is 38.3 Å². The van der Waals surface area contributed by atoms with Gasteiger partial charge in [-0.1, -0.05) is 0 Å². The van der Waals surface area contributed by atoms with Gasteiger partial charge in [0.05, 0.1) is 38.5 Å². The molecule has 0 aliphatic carbocycles. The second kappa shape index (κ2) is 6.40. The lowest BCUT2D eigenvalue weighted by atomic mass is 10.0. The standard InChI is InChI=1S/C18H22N2O5/c1-23-14-4-2-13(3-5-14)20-16(21)12-15(17(20)22)19-8-6-18(7-9-19)24-10-11-25-18/h2-5,15H,6-12H2,1H3/t15-/m1/s1. The molecule has 3 saturated heterocycles. The van der Waals surface area contributed by atoms with Gasteiger partial charge in [0, 0.05) is 25.9 Å². The van der Waals surface area contributed by atoms with E-state index in [2.05, 4.69) is 4.90 Å². The number of piperidine rings is 1. The summed E-state index contributed by atoms with van der Waals surface area (Å²) >= 11 is 0. The number of nitrogens with zero attached hydrogens (tertiary/aromatic N) is 2. The summed E-state index contributed by atoms with van der Waals surface area (Å²) in [5.74, 6) is -0.0943. The van der Waals surface area contributed by atoms with Crippen molar-refractivity contribution in [1.82, 2.24) is 4.90 Å². The van der Waals surface area contributed by atoms with E-state index in [1.54, 1.807) is 31.4 Å². The van der Waals surface area contributed by atoms with Crippen LogP contribution in [-0.2, 0) is 19.1 Å². The molecule has 1 aromatic rings. The Labute approximate surface area is 146 Å². The maximum atomic E-state index is 12.9. The first-order chi connectivity index (χ1) is 12.1. The fraction of sp³-hybridized carbons (Fsp3) is 0.556. The number of ether oxygens (including phenoxy) is 3. The maximum Gasteiger partial charge on any atom is 0.251 e. The second-order valence-electron chi connectivity index (χ2n) is 6.63. The molecule has 2 amide bonds. The number of anilines is 1. The van der Waals surface area contributed by atoms with Gasteiger partial charge >= 0.3 is 0 Å². The molecule has 3 fully saturated rings. The Balaban J connectivity index is 1.45. The van der Waals surface area contributed by atoms with Crippen molar-refractivity contribution in [3.63, 3.8) is 0 Å². The molecule has 7 heteroatoms. The number of carbonyl (C=O) groups is 2. The van der Waals surface area contributed by atoms with Crippen LogP contribution in [0.15, 0.2) is 24.3 Å². The van der Waals surface area contributed by atoms with E-state index in [4.69, 9.17) is 14.2 Å². The minimum atomic E-state index is -0.474. The average Bonchev–Trinajstić information content (AvgIpc) is 3.21. The number of rotatable bonds is 3. The van der Waals surface area contributed by atoms with Crippen LogP contribution >= 0.6 is 0 Å². The number of hydrogen-bond donors (Lipinski definition) is 0. The van der Waals surface area contributed by atoms with Crippen LogP contribution in [0.2, 0.25) is 0 Å². The monoisotopic (exact) mass is 346 g/mol. The van der Waals surface area contributed by atoms with Crippen LogP contribution in [0.3, 0.4) is 0 Å². The molecule has 1 aromatic carbocycles. The third kappa shape index (κ3) is 2.92. The van der Waals surface area contributed by atoms with E-state index >= 15 is 0 Å². The van der Waals surface area contributed by atoms with E-state index in [0.717, 1.165) is 12.8 Å². The summed E-state index contributed by atoms with van der Waals surface area (Å²) in [6.07, 6.45) is 1.68. The lowest BCUT2D eigenvalue weighted by Crippen LogP contribution is -2.51. The van der Waals surface area contributed by atoms with Crippen LogP contribution in [0.1, 0.15) is 19.3 Å². The van der Waals surface area contributed by atoms with E-state index in [-0.39, 0.29) is 18.2 Å². The smallest absolute Gasteiger partial charge is 0.251 e. The Hall–Kier alpha value is -1.96. The van der Waals surface area contributed by atoms with Gasteiger partial charge in [-0.25, -0.2) is 4.90 Å². The zero-order valence-electron chi connectivity index (χ0n) is 14.3. The molecule has 0 saturated carbocycles. The van der Waals surface area contributed by atoms with E-state index in [0.29, 0.717) is 37.7 Å². The number of amides is 2. The van der Waals surface area contributed by atoms with Crippen molar-refractivity contribution in [2.24, 2.45) is 0 Å². The van der Waals surface area contributed by atoms with E-state index < -0.39 is 11.8 Å². The predicted octanol–water partition coefficient (Wildman–Crippen LogP) is 1.17. The van der Waals surface area contributed by atoms with Crippen molar-refractivity contribution < 1.29 is 23.8 Å². The Morgan fingerprint density at radius 1 is 1.08 bits per heavy atom. The van der Waals surface area contributed by atoms with Gasteiger partial charge < -0.3 is 14.2 Å². The lowest BCUT2D eigenvalue weighted by Gasteiger charge is -2.39. The summed E-state index contributed by atoms with van der Waals surface area (Å²) in [4.78, 5) is 28.7. The number of imide groups is 1. The molecule has 0 bridgehead atoms. The largest absolute Gasteiger partial charge is 0.497 e. The highest BCUT2D eigenvalue weighted by atomic mass is 16.7. The molecule has 0 aromatic heterocycles. The number of likely N-dealkylation sites (tertiary alicyclic amines) is 1. The zero-order valence-corrected chi connectivity index (χ0v) is 14.3. The zero-order chi connectivity index (χ0) is 17.4. The molecule has 0 N–H and O–H groups in total. The molecule has 3 aliphatic heterocycles. The first kappa shape index (κ1) is 16.5. The van der Waals surface area contributed by atoms with E-state index in [1.807, 2.05) is 0 Å². The first-order valence-corrected chi connectivity index (χ1v) is 8.65. The van der Waals surface area contributed by atoms with Gasteiger partial charge in [-0.3, -0.25) is 14.5 Å². The summed E-state index contributed by atoms with van der Waals surface area (Å²) in [6.45, 7) is 2.65. The average molecular weight is 346 g/mol. The number of hydrogen-bond acceptors (Lipinski definition) is 6. The second-order valence-corrected chi connectivity index (χ2v) is 6.63. The molecule has 4 rings (SSSR count). The minimum absolute atomic E-state index is 0.153. The van der Waals surface area contributed by atoms with Crippen molar-refractivity contribution in [3.8, 4) is 5.75 Å². The highest BCUT2D eigenvalue weighted by Gasteiger charge is 2.47. The molecule has 3 heterocycles. The highest BCUT2D eigenvalue weighted by molar-refractivity contribution is 6.22. The molecule has 1 spiro atoms. The fourth-order valence-electron chi connectivity index (χ4n) is 3.87. The quantitative estimate of drug-likeness (QED) is 0.765. The summed E-state index contributed by atoms with van der Waals surface area (Å²) in [6, 6.07) is 6.59. The number of benzene rings is 1. The van der Waals surface area contributed by atoms with Gasteiger partial charge in [0.25, 0.3) is 5.91 Å². The van der Waals surface area contributed by atoms with Crippen LogP contribution in [-0.4, -0.2) is 62.0 Å². The van der Waals surface area contributed by atoms with Gasteiger partial charge in [0.2, 0.25) is 5.91 Å².